The van der Waals surface area contributed by atoms with Crippen LogP contribution in [0.15, 0.2) is 6.33 Å². The highest BCUT2D eigenvalue weighted by molar-refractivity contribution is 5.58. The molecule has 106 valence electrons. The first kappa shape index (κ1) is 14.0. The van der Waals surface area contributed by atoms with E-state index in [9.17, 15) is 5.11 Å². The fourth-order valence-electron chi connectivity index (χ4n) is 2.41. The molecule has 0 aromatic carbocycles. The number of hydrogen-bond donors (Lipinski definition) is 3. The van der Waals surface area contributed by atoms with Crippen molar-refractivity contribution in [1.82, 2.24) is 9.97 Å². The zero-order valence-electron chi connectivity index (χ0n) is 11.6. The number of aliphatic hydroxyl groups is 1. The second-order valence-corrected chi connectivity index (χ2v) is 4.83. The largest absolute Gasteiger partial charge is 0.394 e. The lowest BCUT2D eigenvalue weighted by Gasteiger charge is -2.37. The van der Waals surface area contributed by atoms with E-state index in [4.69, 9.17) is 4.74 Å². The predicted molar refractivity (Wildman–Crippen MR) is 74.4 cm³/mol. The maximum atomic E-state index is 9.72. The van der Waals surface area contributed by atoms with E-state index >= 15 is 0 Å². The average Bonchev–Trinajstić information content (AvgIpc) is 2.48. The summed E-state index contributed by atoms with van der Waals surface area (Å²) in [6.07, 6.45) is 3.94. The van der Waals surface area contributed by atoms with Crippen molar-refractivity contribution in [2.75, 3.05) is 37.5 Å². The number of hydrogen-bond acceptors (Lipinski definition) is 6. The van der Waals surface area contributed by atoms with E-state index in [0.717, 1.165) is 36.5 Å². The molecule has 6 heteroatoms. The Balaban J connectivity index is 2.26. The van der Waals surface area contributed by atoms with E-state index in [2.05, 4.69) is 27.5 Å². The zero-order valence-corrected chi connectivity index (χ0v) is 11.6. The molecule has 0 unspecified atom stereocenters. The third kappa shape index (κ3) is 2.96. The summed E-state index contributed by atoms with van der Waals surface area (Å²) in [4.78, 5) is 8.55. The highest BCUT2D eigenvalue weighted by Gasteiger charge is 2.33. The summed E-state index contributed by atoms with van der Waals surface area (Å²) in [6.45, 7) is 3.48. The van der Waals surface area contributed by atoms with E-state index in [1.165, 1.54) is 6.33 Å². The summed E-state index contributed by atoms with van der Waals surface area (Å²) in [7, 11) is 1.85. The normalized spacial score (nSPS) is 18.1. The van der Waals surface area contributed by atoms with Crippen LogP contribution < -0.4 is 10.6 Å². The molecular formula is C13H22N4O2. The smallest absolute Gasteiger partial charge is 0.135 e. The molecule has 1 aromatic heterocycles. The predicted octanol–water partition coefficient (Wildman–Crippen LogP) is 1.03. The molecule has 0 atom stereocenters. The number of rotatable bonds is 5. The van der Waals surface area contributed by atoms with Gasteiger partial charge in [-0.1, -0.05) is 6.92 Å². The summed E-state index contributed by atoms with van der Waals surface area (Å²) in [5.41, 5.74) is 0.714. The summed E-state index contributed by atoms with van der Waals surface area (Å²) < 4.78 is 5.37. The van der Waals surface area contributed by atoms with E-state index < -0.39 is 0 Å². The van der Waals surface area contributed by atoms with Crippen molar-refractivity contribution in [3.8, 4) is 0 Å². The van der Waals surface area contributed by atoms with Crippen molar-refractivity contribution in [3.05, 3.63) is 11.9 Å². The first-order valence-electron chi connectivity index (χ1n) is 6.73. The Kier molecular flexibility index (Phi) is 4.55. The fourth-order valence-corrected chi connectivity index (χ4v) is 2.41. The van der Waals surface area contributed by atoms with Gasteiger partial charge in [-0.05, 0) is 19.3 Å². The lowest BCUT2D eigenvalue weighted by atomic mass is 9.90. The summed E-state index contributed by atoms with van der Waals surface area (Å²) >= 11 is 0. The quantitative estimate of drug-likeness (QED) is 0.739. The molecule has 0 spiro atoms. The van der Waals surface area contributed by atoms with E-state index in [1.807, 2.05) is 7.05 Å². The van der Waals surface area contributed by atoms with Gasteiger partial charge in [0.25, 0.3) is 0 Å². The maximum Gasteiger partial charge on any atom is 0.135 e. The van der Waals surface area contributed by atoms with Gasteiger partial charge in [-0.25, -0.2) is 9.97 Å². The molecule has 0 bridgehead atoms. The van der Waals surface area contributed by atoms with Gasteiger partial charge in [-0.3, -0.25) is 0 Å². The van der Waals surface area contributed by atoms with Crippen molar-refractivity contribution in [3.63, 3.8) is 0 Å². The Morgan fingerprint density at radius 2 is 2.00 bits per heavy atom. The van der Waals surface area contributed by atoms with Crippen molar-refractivity contribution in [2.45, 2.75) is 31.7 Å². The van der Waals surface area contributed by atoms with Crippen LogP contribution >= 0.6 is 0 Å². The van der Waals surface area contributed by atoms with Crippen molar-refractivity contribution >= 4 is 11.6 Å². The molecule has 1 aromatic rings. The van der Waals surface area contributed by atoms with Crippen molar-refractivity contribution < 1.29 is 9.84 Å². The Bertz CT molecular complexity index is 419. The molecule has 0 radical (unpaired) electrons. The molecular weight excluding hydrogens is 244 g/mol. The Hall–Kier alpha value is -1.40. The molecule has 1 aliphatic rings. The van der Waals surface area contributed by atoms with Gasteiger partial charge < -0.3 is 20.5 Å². The van der Waals surface area contributed by atoms with Crippen LogP contribution in [-0.2, 0) is 11.2 Å². The van der Waals surface area contributed by atoms with Gasteiger partial charge in [-0.2, -0.15) is 0 Å². The van der Waals surface area contributed by atoms with E-state index in [-0.39, 0.29) is 12.1 Å². The number of aromatic nitrogens is 2. The molecule has 2 rings (SSSR count). The minimum Gasteiger partial charge on any atom is -0.394 e. The van der Waals surface area contributed by atoms with E-state index in [0.29, 0.717) is 13.2 Å². The van der Waals surface area contributed by atoms with E-state index in [1.54, 1.807) is 0 Å². The molecule has 3 N–H and O–H groups in total. The highest BCUT2D eigenvalue weighted by Crippen LogP contribution is 2.28. The third-order valence-corrected chi connectivity index (χ3v) is 3.67. The zero-order chi connectivity index (χ0) is 13.7. The second kappa shape index (κ2) is 6.16. The third-order valence-electron chi connectivity index (χ3n) is 3.67. The number of nitrogens with one attached hydrogen (secondary N) is 2. The van der Waals surface area contributed by atoms with Crippen LogP contribution in [0.5, 0.6) is 0 Å². The lowest BCUT2D eigenvalue weighted by Crippen LogP contribution is -2.47. The minimum absolute atomic E-state index is 0.0818. The molecule has 0 aliphatic carbocycles. The Labute approximate surface area is 113 Å². The molecule has 1 aliphatic heterocycles. The van der Waals surface area contributed by atoms with Crippen LogP contribution in [0.3, 0.4) is 0 Å². The molecule has 2 heterocycles. The van der Waals surface area contributed by atoms with Gasteiger partial charge >= 0.3 is 0 Å². The second-order valence-electron chi connectivity index (χ2n) is 4.83. The van der Waals surface area contributed by atoms with Crippen LogP contribution in [0.1, 0.15) is 25.3 Å². The number of anilines is 2. The van der Waals surface area contributed by atoms with Crippen molar-refractivity contribution in [1.29, 1.82) is 0 Å². The number of nitrogens with zero attached hydrogens (tertiary/aromatic N) is 2. The first-order valence-corrected chi connectivity index (χ1v) is 6.73. The highest BCUT2D eigenvalue weighted by atomic mass is 16.5. The molecule has 1 fully saturated rings. The summed E-state index contributed by atoms with van der Waals surface area (Å²) in [6, 6.07) is 0. The van der Waals surface area contributed by atoms with Crippen molar-refractivity contribution in [2.24, 2.45) is 0 Å². The minimum atomic E-state index is -0.332. The summed E-state index contributed by atoms with van der Waals surface area (Å²) in [5.74, 6) is 1.64. The van der Waals surface area contributed by atoms with Gasteiger partial charge in [0.2, 0.25) is 0 Å². The van der Waals surface area contributed by atoms with Gasteiger partial charge in [0, 0.05) is 25.8 Å². The van der Waals surface area contributed by atoms with Crippen LogP contribution in [-0.4, -0.2) is 47.5 Å². The van der Waals surface area contributed by atoms with Gasteiger partial charge in [-0.15, -0.1) is 0 Å². The average molecular weight is 266 g/mol. The van der Waals surface area contributed by atoms with Crippen LogP contribution in [0, 0.1) is 0 Å². The molecule has 0 amide bonds. The monoisotopic (exact) mass is 266 g/mol. The Morgan fingerprint density at radius 1 is 1.32 bits per heavy atom. The first-order chi connectivity index (χ1) is 9.24. The van der Waals surface area contributed by atoms with Crippen LogP contribution in [0.4, 0.5) is 11.6 Å². The standard InChI is InChI=1S/C13H22N4O2/c1-3-10-11(14-2)15-9-16-12(10)17-13(8-18)4-6-19-7-5-13/h9,18H,3-8H2,1-2H3,(H2,14,15,16,17). The SMILES string of the molecule is CCc1c(NC)ncnc1NC1(CO)CCOCC1. The molecule has 19 heavy (non-hydrogen) atoms. The van der Waals surface area contributed by atoms with Gasteiger partial charge in [0.05, 0.1) is 12.1 Å². The van der Waals surface area contributed by atoms with Gasteiger partial charge in [0.1, 0.15) is 18.0 Å². The summed E-state index contributed by atoms with van der Waals surface area (Å²) in [5, 5.41) is 16.2. The molecule has 1 saturated heterocycles. The van der Waals surface area contributed by atoms with Gasteiger partial charge in [0.15, 0.2) is 0 Å². The molecule has 6 nitrogen and oxygen atoms in total. The number of ether oxygens (including phenoxy) is 1. The lowest BCUT2D eigenvalue weighted by molar-refractivity contribution is 0.0378. The topological polar surface area (TPSA) is 79.3 Å². The fraction of sp³-hybridized carbons (Fsp3) is 0.692. The maximum absolute atomic E-state index is 9.72. The Morgan fingerprint density at radius 3 is 2.58 bits per heavy atom. The molecule has 0 saturated carbocycles. The van der Waals surface area contributed by atoms with Crippen LogP contribution in [0.25, 0.3) is 0 Å². The number of aliphatic hydroxyl groups excluding tert-OH is 1. The van der Waals surface area contributed by atoms with Crippen LogP contribution in [0.2, 0.25) is 0 Å².